The second-order valence-corrected chi connectivity index (χ2v) is 8.72. The summed E-state index contributed by atoms with van der Waals surface area (Å²) in [6.07, 6.45) is 2.96. The highest BCUT2D eigenvalue weighted by Crippen LogP contribution is 2.20. The average molecular weight is 393 g/mol. The zero-order valence-electron chi connectivity index (χ0n) is 16.5. The maximum absolute atomic E-state index is 12.5. The largest absolute Gasteiger partial charge is 0.376 e. The second-order valence-electron chi connectivity index (χ2n) is 7.49. The molecule has 0 spiro atoms. The first-order valence-corrected chi connectivity index (χ1v) is 11.2. The van der Waals surface area contributed by atoms with Gasteiger partial charge in [-0.3, -0.25) is 9.69 Å². The molecule has 2 heterocycles. The molecule has 2 unspecified atom stereocenters. The maximum atomic E-state index is 12.5. The van der Waals surface area contributed by atoms with E-state index in [-0.39, 0.29) is 12.0 Å². The minimum atomic E-state index is -0.486. The number of rotatable bonds is 7. The number of hydrogen-bond donors (Lipinski definition) is 1. The van der Waals surface area contributed by atoms with Gasteiger partial charge < -0.3 is 14.8 Å². The van der Waals surface area contributed by atoms with Crippen LogP contribution < -0.4 is 5.32 Å². The number of hydrogen-bond acceptors (Lipinski definition) is 5. The van der Waals surface area contributed by atoms with Gasteiger partial charge in [0.1, 0.15) is 6.10 Å². The molecule has 3 rings (SSSR count). The molecule has 2 aliphatic rings. The summed E-state index contributed by atoms with van der Waals surface area (Å²) in [6, 6.07) is 6.31. The Hall–Kier alpha value is -1.08. The van der Waals surface area contributed by atoms with Gasteiger partial charge in [-0.2, -0.15) is 11.8 Å². The fourth-order valence-corrected chi connectivity index (χ4v) is 4.46. The molecule has 2 saturated heterocycles. The third-order valence-electron chi connectivity index (χ3n) is 5.23. The van der Waals surface area contributed by atoms with Crippen molar-refractivity contribution in [2.45, 2.75) is 51.9 Å². The Labute approximate surface area is 167 Å². The number of nitrogens with zero attached hydrogens (tertiary/aromatic N) is 1. The molecule has 0 bridgehead atoms. The molecule has 2 fully saturated rings. The van der Waals surface area contributed by atoms with E-state index in [1.54, 1.807) is 6.92 Å². The highest BCUT2D eigenvalue weighted by Gasteiger charge is 2.19. The molecule has 5 nitrogen and oxygen atoms in total. The van der Waals surface area contributed by atoms with Crippen LogP contribution in [0.2, 0.25) is 0 Å². The van der Waals surface area contributed by atoms with Gasteiger partial charge in [0, 0.05) is 43.4 Å². The monoisotopic (exact) mass is 392 g/mol. The topological polar surface area (TPSA) is 50.8 Å². The van der Waals surface area contributed by atoms with Crippen LogP contribution in [0.4, 0.5) is 5.69 Å². The van der Waals surface area contributed by atoms with Gasteiger partial charge in [-0.05, 0) is 50.3 Å². The number of ether oxygens (including phenoxy) is 2. The van der Waals surface area contributed by atoms with Gasteiger partial charge in [0.2, 0.25) is 0 Å². The minimum Gasteiger partial charge on any atom is -0.376 e. The molecule has 6 heteroatoms. The van der Waals surface area contributed by atoms with Crippen LogP contribution in [0.3, 0.4) is 0 Å². The van der Waals surface area contributed by atoms with Crippen molar-refractivity contribution in [2.24, 2.45) is 0 Å². The van der Waals surface area contributed by atoms with Crippen molar-refractivity contribution in [1.82, 2.24) is 4.90 Å². The lowest BCUT2D eigenvalue weighted by Gasteiger charge is -2.26. The van der Waals surface area contributed by atoms with E-state index < -0.39 is 6.10 Å². The Morgan fingerprint density at radius 1 is 1.37 bits per heavy atom. The number of aryl methyl sites for hydroxylation is 1. The molecule has 0 aliphatic carbocycles. The van der Waals surface area contributed by atoms with Crippen LogP contribution in [0, 0.1) is 6.92 Å². The number of nitrogens with one attached hydrogen (secondary N) is 1. The number of amides is 1. The smallest absolute Gasteiger partial charge is 0.253 e. The molecule has 150 valence electrons. The predicted octanol–water partition coefficient (Wildman–Crippen LogP) is 3.46. The van der Waals surface area contributed by atoms with E-state index in [1.807, 2.05) is 24.8 Å². The van der Waals surface area contributed by atoms with Gasteiger partial charge in [-0.1, -0.05) is 12.1 Å². The average Bonchev–Trinajstić information content (AvgIpc) is 2.69. The van der Waals surface area contributed by atoms with E-state index in [0.717, 1.165) is 50.3 Å². The lowest BCUT2D eigenvalue weighted by Crippen LogP contribution is -2.33. The SMILES string of the molecule is Cc1cc(CN2CCSCC2)ccc1NC(=O)C(C)OCC1CCCCO1. The molecule has 2 atom stereocenters. The fourth-order valence-electron chi connectivity index (χ4n) is 3.48. The van der Waals surface area contributed by atoms with Crippen LogP contribution in [0.15, 0.2) is 18.2 Å². The summed E-state index contributed by atoms with van der Waals surface area (Å²) in [6.45, 7) is 8.43. The van der Waals surface area contributed by atoms with Crippen molar-refractivity contribution in [2.75, 3.05) is 43.1 Å². The molecule has 1 N–H and O–H groups in total. The van der Waals surface area contributed by atoms with Crippen molar-refractivity contribution < 1.29 is 14.3 Å². The van der Waals surface area contributed by atoms with Crippen molar-refractivity contribution in [3.8, 4) is 0 Å². The summed E-state index contributed by atoms with van der Waals surface area (Å²) in [4.78, 5) is 14.9. The van der Waals surface area contributed by atoms with Crippen LogP contribution in [-0.4, -0.2) is 60.8 Å². The van der Waals surface area contributed by atoms with Crippen molar-refractivity contribution >= 4 is 23.4 Å². The van der Waals surface area contributed by atoms with Gasteiger partial charge in [0.15, 0.2) is 0 Å². The minimum absolute atomic E-state index is 0.102. The van der Waals surface area contributed by atoms with E-state index >= 15 is 0 Å². The van der Waals surface area contributed by atoms with E-state index in [0.29, 0.717) is 6.61 Å². The normalized spacial score (nSPS) is 22.4. The van der Waals surface area contributed by atoms with E-state index in [1.165, 1.54) is 23.5 Å². The van der Waals surface area contributed by atoms with E-state index in [4.69, 9.17) is 9.47 Å². The number of carbonyl (C=O) groups excluding carboxylic acids is 1. The summed E-state index contributed by atoms with van der Waals surface area (Å²) in [5.41, 5.74) is 3.26. The second kappa shape index (κ2) is 10.5. The van der Waals surface area contributed by atoms with Gasteiger partial charge in [-0.15, -0.1) is 0 Å². The first-order chi connectivity index (χ1) is 13.1. The molecular formula is C21H32N2O3S. The van der Waals surface area contributed by atoms with Crippen LogP contribution in [0.1, 0.15) is 37.3 Å². The summed E-state index contributed by atoms with van der Waals surface area (Å²) in [5.74, 6) is 2.34. The molecule has 27 heavy (non-hydrogen) atoms. The number of benzene rings is 1. The Bertz CT molecular complexity index is 613. The first kappa shape index (κ1) is 20.6. The summed E-state index contributed by atoms with van der Waals surface area (Å²) in [5, 5.41) is 3.01. The van der Waals surface area contributed by atoms with E-state index in [2.05, 4.69) is 22.3 Å². The highest BCUT2D eigenvalue weighted by molar-refractivity contribution is 7.99. The van der Waals surface area contributed by atoms with Gasteiger partial charge in [0.25, 0.3) is 5.91 Å². The highest BCUT2D eigenvalue weighted by atomic mass is 32.2. The molecule has 0 aromatic heterocycles. The molecular weight excluding hydrogens is 360 g/mol. The standard InChI is InChI=1S/C21H32N2O3S/c1-16-13-18(14-23-8-11-27-12-9-23)6-7-20(16)22-21(24)17(2)26-15-19-5-3-4-10-25-19/h6-7,13,17,19H,3-5,8-12,14-15H2,1-2H3,(H,22,24). The van der Waals surface area contributed by atoms with Gasteiger partial charge >= 0.3 is 0 Å². The third kappa shape index (κ3) is 6.49. The van der Waals surface area contributed by atoms with Crippen LogP contribution >= 0.6 is 11.8 Å². The lowest BCUT2D eigenvalue weighted by atomic mass is 10.1. The quantitative estimate of drug-likeness (QED) is 0.770. The number of anilines is 1. The summed E-state index contributed by atoms with van der Waals surface area (Å²) < 4.78 is 11.4. The Morgan fingerprint density at radius 2 is 2.19 bits per heavy atom. The Kier molecular flexibility index (Phi) is 8.00. The molecule has 1 amide bonds. The fraction of sp³-hybridized carbons (Fsp3) is 0.667. The zero-order chi connectivity index (χ0) is 19.1. The van der Waals surface area contributed by atoms with Gasteiger partial charge in [-0.25, -0.2) is 0 Å². The van der Waals surface area contributed by atoms with Crippen molar-refractivity contribution in [3.63, 3.8) is 0 Å². The predicted molar refractivity (Wildman–Crippen MR) is 111 cm³/mol. The van der Waals surface area contributed by atoms with E-state index in [9.17, 15) is 4.79 Å². The van der Waals surface area contributed by atoms with Crippen LogP contribution in [0.5, 0.6) is 0 Å². The van der Waals surface area contributed by atoms with Crippen LogP contribution in [0.25, 0.3) is 0 Å². The Balaban J connectivity index is 1.47. The number of carbonyl (C=O) groups is 1. The zero-order valence-corrected chi connectivity index (χ0v) is 17.4. The van der Waals surface area contributed by atoms with Crippen LogP contribution in [-0.2, 0) is 20.8 Å². The third-order valence-corrected chi connectivity index (χ3v) is 6.18. The van der Waals surface area contributed by atoms with Crippen molar-refractivity contribution in [1.29, 1.82) is 0 Å². The Morgan fingerprint density at radius 3 is 2.89 bits per heavy atom. The molecule has 2 aliphatic heterocycles. The van der Waals surface area contributed by atoms with Gasteiger partial charge in [0.05, 0.1) is 12.7 Å². The molecule has 0 saturated carbocycles. The molecule has 1 aromatic carbocycles. The number of thioether (sulfide) groups is 1. The molecule has 1 aromatic rings. The van der Waals surface area contributed by atoms with Crippen molar-refractivity contribution in [3.05, 3.63) is 29.3 Å². The summed E-state index contributed by atoms with van der Waals surface area (Å²) in [7, 11) is 0. The summed E-state index contributed by atoms with van der Waals surface area (Å²) >= 11 is 2.03. The maximum Gasteiger partial charge on any atom is 0.253 e. The lowest BCUT2D eigenvalue weighted by molar-refractivity contribution is -0.130. The molecule has 0 radical (unpaired) electrons. The first-order valence-electron chi connectivity index (χ1n) is 10.1.